The van der Waals surface area contributed by atoms with Crippen LogP contribution in [0.15, 0.2) is 60.9 Å². The Morgan fingerprint density at radius 3 is 2.68 bits per heavy atom. The normalized spacial score (nSPS) is 19.1. The lowest BCUT2D eigenvalue weighted by molar-refractivity contribution is -0.120. The number of amides is 3. The van der Waals surface area contributed by atoms with E-state index in [-0.39, 0.29) is 17.7 Å². The van der Waals surface area contributed by atoms with Crippen LogP contribution in [0.5, 0.6) is 5.75 Å². The van der Waals surface area contributed by atoms with Crippen LogP contribution < -0.4 is 15.4 Å². The van der Waals surface area contributed by atoms with Gasteiger partial charge < -0.3 is 20.3 Å². The zero-order chi connectivity index (χ0) is 23.8. The van der Waals surface area contributed by atoms with Crippen LogP contribution in [0.2, 0.25) is 5.02 Å². The van der Waals surface area contributed by atoms with Gasteiger partial charge in [-0.3, -0.25) is 19.4 Å². The molecule has 1 aromatic heterocycles. The van der Waals surface area contributed by atoms with Crippen molar-refractivity contribution in [3.63, 3.8) is 0 Å². The van der Waals surface area contributed by atoms with Gasteiger partial charge in [0.15, 0.2) is 0 Å². The quantitative estimate of drug-likeness (QED) is 0.601. The van der Waals surface area contributed by atoms with Crippen molar-refractivity contribution in [3.05, 3.63) is 77.1 Å². The van der Waals surface area contributed by atoms with Crippen molar-refractivity contribution < 1.29 is 19.1 Å². The SMILES string of the molecule is COc1ccc(Cl)cc1-c1ccc2c(c1)C(=O)N1CCC(NC(=O)c3ccncc3)C1C(=O)N2. The lowest BCUT2D eigenvalue weighted by atomic mass is 10.0. The number of nitrogens with zero attached hydrogens (tertiary/aromatic N) is 2. The van der Waals surface area contributed by atoms with E-state index in [2.05, 4.69) is 15.6 Å². The first-order valence-corrected chi connectivity index (χ1v) is 11.1. The summed E-state index contributed by atoms with van der Waals surface area (Å²) in [6, 6.07) is 12.4. The van der Waals surface area contributed by atoms with E-state index in [9.17, 15) is 14.4 Å². The van der Waals surface area contributed by atoms with Crippen molar-refractivity contribution in [2.45, 2.75) is 18.5 Å². The van der Waals surface area contributed by atoms with Crippen molar-refractivity contribution in [2.75, 3.05) is 19.0 Å². The molecule has 2 atom stereocenters. The molecule has 0 aliphatic carbocycles. The number of methoxy groups -OCH3 is 1. The molecule has 3 heterocycles. The molecule has 2 aliphatic heterocycles. The molecule has 1 fully saturated rings. The molecule has 3 amide bonds. The minimum atomic E-state index is -0.810. The van der Waals surface area contributed by atoms with E-state index in [1.165, 1.54) is 17.3 Å². The van der Waals surface area contributed by atoms with E-state index in [1.54, 1.807) is 55.6 Å². The molecule has 0 radical (unpaired) electrons. The number of carbonyl (C=O) groups excluding carboxylic acids is 3. The molecule has 3 aromatic rings. The molecular formula is C25H21ClN4O4. The summed E-state index contributed by atoms with van der Waals surface area (Å²) >= 11 is 6.19. The van der Waals surface area contributed by atoms with Crippen LogP contribution in [0.1, 0.15) is 27.1 Å². The Labute approximate surface area is 200 Å². The lowest BCUT2D eigenvalue weighted by Crippen LogP contribution is -2.51. The lowest BCUT2D eigenvalue weighted by Gasteiger charge is -2.25. The van der Waals surface area contributed by atoms with Crippen LogP contribution in [0, 0.1) is 0 Å². The number of carbonyl (C=O) groups is 3. The summed E-state index contributed by atoms with van der Waals surface area (Å²) in [6.07, 6.45) is 3.53. The number of hydrogen-bond donors (Lipinski definition) is 2. The number of nitrogens with one attached hydrogen (secondary N) is 2. The van der Waals surface area contributed by atoms with Crippen molar-refractivity contribution in [1.82, 2.24) is 15.2 Å². The number of ether oxygens (including phenoxy) is 1. The number of hydrogen-bond acceptors (Lipinski definition) is 5. The Hall–Kier alpha value is -3.91. The highest BCUT2D eigenvalue weighted by molar-refractivity contribution is 6.31. The monoisotopic (exact) mass is 476 g/mol. The second-order valence-corrected chi connectivity index (χ2v) is 8.58. The maximum Gasteiger partial charge on any atom is 0.256 e. The van der Waals surface area contributed by atoms with Crippen molar-refractivity contribution in [2.24, 2.45) is 0 Å². The van der Waals surface area contributed by atoms with Crippen LogP contribution in [0.3, 0.4) is 0 Å². The third-order valence-corrected chi connectivity index (χ3v) is 6.40. The number of benzene rings is 2. The summed E-state index contributed by atoms with van der Waals surface area (Å²) in [5, 5.41) is 6.31. The van der Waals surface area contributed by atoms with E-state index >= 15 is 0 Å². The molecule has 172 valence electrons. The highest BCUT2D eigenvalue weighted by Crippen LogP contribution is 2.36. The average Bonchev–Trinajstić information content (AvgIpc) is 3.23. The van der Waals surface area contributed by atoms with Gasteiger partial charge in [0.1, 0.15) is 11.8 Å². The molecular weight excluding hydrogens is 456 g/mol. The number of aromatic nitrogens is 1. The molecule has 1 saturated heterocycles. The second-order valence-electron chi connectivity index (χ2n) is 8.14. The van der Waals surface area contributed by atoms with E-state index in [4.69, 9.17) is 16.3 Å². The Bertz CT molecular complexity index is 1300. The summed E-state index contributed by atoms with van der Waals surface area (Å²) in [7, 11) is 1.57. The fraction of sp³-hybridized carbons (Fsp3) is 0.200. The van der Waals surface area contributed by atoms with Crippen LogP contribution >= 0.6 is 11.6 Å². The first-order chi connectivity index (χ1) is 16.5. The number of rotatable bonds is 4. The minimum Gasteiger partial charge on any atom is -0.496 e. The molecule has 2 N–H and O–H groups in total. The van der Waals surface area contributed by atoms with E-state index in [1.807, 2.05) is 0 Å². The first kappa shape index (κ1) is 21.9. The minimum absolute atomic E-state index is 0.276. The average molecular weight is 477 g/mol. The van der Waals surface area contributed by atoms with Crippen LogP contribution in [-0.2, 0) is 4.79 Å². The van der Waals surface area contributed by atoms with Crippen LogP contribution in [0.25, 0.3) is 11.1 Å². The van der Waals surface area contributed by atoms with Gasteiger partial charge in [0, 0.05) is 35.1 Å². The van der Waals surface area contributed by atoms with Gasteiger partial charge in [-0.15, -0.1) is 0 Å². The smallest absolute Gasteiger partial charge is 0.256 e. The third-order valence-electron chi connectivity index (χ3n) is 6.17. The summed E-state index contributed by atoms with van der Waals surface area (Å²) in [4.78, 5) is 44.8. The molecule has 0 bridgehead atoms. The molecule has 0 saturated carbocycles. The summed E-state index contributed by atoms with van der Waals surface area (Å²) in [6.45, 7) is 0.350. The number of halogens is 1. The maximum atomic E-state index is 13.5. The first-order valence-electron chi connectivity index (χ1n) is 10.8. The molecule has 2 aliphatic rings. The van der Waals surface area contributed by atoms with Gasteiger partial charge in [-0.05, 0) is 54.4 Å². The zero-order valence-corrected chi connectivity index (χ0v) is 19.0. The predicted octanol–water partition coefficient (Wildman–Crippen LogP) is 3.38. The summed E-state index contributed by atoms with van der Waals surface area (Å²) in [5.74, 6) is -0.307. The predicted molar refractivity (Wildman–Crippen MR) is 127 cm³/mol. The van der Waals surface area contributed by atoms with E-state index in [0.29, 0.717) is 40.6 Å². The fourth-order valence-corrected chi connectivity index (χ4v) is 4.69. The topological polar surface area (TPSA) is 101 Å². The standard InChI is InChI=1S/C25H21ClN4O4/c1-34-21-5-3-16(26)13-17(21)15-2-4-19-18(12-15)25(33)30-11-8-20(22(30)24(32)28-19)29-23(31)14-6-9-27-10-7-14/h2-7,9-10,12-13,20,22H,8,11H2,1H3,(H,28,32)(H,29,31). The largest absolute Gasteiger partial charge is 0.496 e. The summed E-state index contributed by atoms with van der Waals surface area (Å²) in [5.41, 5.74) is 2.71. The van der Waals surface area contributed by atoms with Crippen LogP contribution in [0.4, 0.5) is 5.69 Å². The molecule has 34 heavy (non-hydrogen) atoms. The van der Waals surface area contributed by atoms with Gasteiger partial charge >= 0.3 is 0 Å². The Balaban J connectivity index is 1.45. The molecule has 5 rings (SSSR count). The Kier molecular flexibility index (Phi) is 5.67. The van der Waals surface area contributed by atoms with Gasteiger partial charge in [0.2, 0.25) is 5.91 Å². The number of fused-ring (bicyclic) bond motifs is 2. The highest BCUT2D eigenvalue weighted by Gasteiger charge is 2.45. The van der Waals surface area contributed by atoms with Crippen molar-refractivity contribution >= 4 is 35.0 Å². The fourth-order valence-electron chi connectivity index (χ4n) is 4.52. The number of pyridine rings is 1. The molecule has 2 unspecified atom stereocenters. The van der Waals surface area contributed by atoms with E-state index in [0.717, 1.165) is 11.1 Å². The van der Waals surface area contributed by atoms with E-state index < -0.39 is 12.1 Å². The third kappa shape index (κ3) is 3.86. The molecule has 8 nitrogen and oxygen atoms in total. The Morgan fingerprint density at radius 2 is 1.91 bits per heavy atom. The van der Waals surface area contributed by atoms with Crippen molar-refractivity contribution in [3.8, 4) is 16.9 Å². The summed E-state index contributed by atoms with van der Waals surface area (Å²) < 4.78 is 5.46. The highest BCUT2D eigenvalue weighted by atomic mass is 35.5. The number of anilines is 1. The van der Waals surface area contributed by atoms with Gasteiger partial charge in [-0.1, -0.05) is 17.7 Å². The Morgan fingerprint density at radius 1 is 1.12 bits per heavy atom. The van der Waals surface area contributed by atoms with Gasteiger partial charge in [0.05, 0.1) is 24.4 Å². The van der Waals surface area contributed by atoms with Gasteiger partial charge in [-0.2, -0.15) is 0 Å². The van der Waals surface area contributed by atoms with Crippen molar-refractivity contribution in [1.29, 1.82) is 0 Å². The molecule has 0 spiro atoms. The molecule has 9 heteroatoms. The van der Waals surface area contributed by atoms with Gasteiger partial charge in [0.25, 0.3) is 11.8 Å². The van der Waals surface area contributed by atoms with Crippen LogP contribution in [-0.4, -0.2) is 53.3 Å². The maximum absolute atomic E-state index is 13.5. The zero-order valence-electron chi connectivity index (χ0n) is 18.2. The molecule has 2 aromatic carbocycles. The van der Waals surface area contributed by atoms with Gasteiger partial charge in [-0.25, -0.2) is 0 Å². The second kappa shape index (κ2) is 8.79.